The Labute approximate surface area is 160 Å². The third-order valence-corrected chi connectivity index (χ3v) is 5.55. The van der Waals surface area contributed by atoms with E-state index >= 15 is 0 Å². The summed E-state index contributed by atoms with van der Waals surface area (Å²) >= 11 is 0. The van der Waals surface area contributed by atoms with Crippen molar-refractivity contribution in [2.75, 3.05) is 53.0 Å². The summed E-state index contributed by atoms with van der Waals surface area (Å²) in [5.41, 5.74) is 0.350. The average Bonchev–Trinajstić information content (AvgIpc) is 3.17. The van der Waals surface area contributed by atoms with Crippen LogP contribution in [0.15, 0.2) is 24.3 Å². The summed E-state index contributed by atoms with van der Waals surface area (Å²) in [4.78, 5) is 28.6. The van der Waals surface area contributed by atoms with Crippen molar-refractivity contribution in [2.24, 2.45) is 5.41 Å². The maximum Gasteiger partial charge on any atom is 0.248 e. The number of carbonyl (C=O) groups is 2. The average molecular weight is 375 g/mol. The Kier molecular flexibility index (Phi) is 6.34. The van der Waals surface area contributed by atoms with Gasteiger partial charge >= 0.3 is 0 Å². The summed E-state index contributed by atoms with van der Waals surface area (Å²) in [6, 6.07) is 7.67. The highest BCUT2D eigenvalue weighted by molar-refractivity contribution is 5.88. The number of nitrogens with zero attached hydrogens (tertiary/aromatic N) is 2. The standard InChI is InChI=1S/C20H29N3O4/c1-27-17-6-4-5-16(11-17)12-20(14-23(15-20)18(25)13-24)19(26)21-7-10-22-8-2-3-9-22/h4-6,11,24H,2-3,7-10,12-15H2,1H3,(H,21,26). The molecule has 148 valence electrons. The van der Waals surface area contributed by atoms with Crippen LogP contribution in [-0.4, -0.2) is 79.7 Å². The summed E-state index contributed by atoms with van der Waals surface area (Å²) in [6.45, 7) is 3.82. The number of methoxy groups -OCH3 is 1. The van der Waals surface area contributed by atoms with Crippen LogP contribution in [0.4, 0.5) is 0 Å². The maximum absolute atomic E-state index is 13.0. The zero-order valence-corrected chi connectivity index (χ0v) is 15.9. The molecular formula is C20H29N3O4. The molecule has 0 unspecified atom stereocenters. The number of aliphatic hydroxyl groups is 1. The number of hydrogen-bond donors (Lipinski definition) is 2. The van der Waals surface area contributed by atoms with Gasteiger partial charge in [-0.05, 0) is 50.0 Å². The SMILES string of the molecule is COc1cccc(CC2(C(=O)NCCN3CCCC3)CN(C(=O)CO)C2)c1. The van der Waals surface area contributed by atoms with E-state index in [9.17, 15) is 9.59 Å². The molecule has 0 spiro atoms. The van der Waals surface area contributed by atoms with Crippen molar-refractivity contribution in [3.63, 3.8) is 0 Å². The molecule has 0 aromatic heterocycles. The molecule has 2 amide bonds. The van der Waals surface area contributed by atoms with E-state index in [1.165, 1.54) is 12.8 Å². The summed E-state index contributed by atoms with van der Waals surface area (Å²) < 4.78 is 5.28. The van der Waals surface area contributed by atoms with E-state index in [4.69, 9.17) is 9.84 Å². The van der Waals surface area contributed by atoms with Crippen molar-refractivity contribution >= 4 is 11.8 Å². The van der Waals surface area contributed by atoms with Crippen molar-refractivity contribution in [2.45, 2.75) is 19.3 Å². The lowest BCUT2D eigenvalue weighted by atomic mass is 9.73. The minimum absolute atomic E-state index is 0.0218. The first-order chi connectivity index (χ1) is 13.1. The van der Waals surface area contributed by atoms with Crippen LogP contribution < -0.4 is 10.1 Å². The first kappa shape index (κ1) is 19.6. The van der Waals surface area contributed by atoms with Crippen LogP contribution in [0, 0.1) is 5.41 Å². The van der Waals surface area contributed by atoms with Crippen LogP contribution in [0.2, 0.25) is 0 Å². The molecular weight excluding hydrogens is 346 g/mol. The van der Waals surface area contributed by atoms with Crippen LogP contribution in [0.1, 0.15) is 18.4 Å². The molecule has 1 aromatic rings. The van der Waals surface area contributed by atoms with Gasteiger partial charge in [-0.2, -0.15) is 0 Å². The fraction of sp³-hybridized carbons (Fsp3) is 0.600. The van der Waals surface area contributed by atoms with Crippen LogP contribution >= 0.6 is 0 Å². The Morgan fingerprint density at radius 3 is 2.67 bits per heavy atom. The molecule has 7 nitrogen and oxygen atoms in total. The fourth-order valence-electron chi connectivity index (χ4n) is 3.99. The minimum Gasteiger partial charge on any atom is -0.497 e. The zero-order chi connectivity index (χ0) is 19.3. The molecule has 2 N–H and O–H groups in total. The van der Waals surface area contributed by atoms with E-state index in [1.807, 2.05) is 24.3 Å². The van der Waals surface area contributed by atoms with Crippen LogP contribution in [-0.2, 0) is 16.0 Å². The number of rotatable bonds is 8. The Bertz CT molecular complexity index is 667. The topological polar surface area (TPSA) is 82.1 Å². The monoisotopic (exact) mass is 375 g/mol. The number of nitrogens with one attached hydrogen (secondary N) is 1. The number of ether oxygens (including phenoxy) is 1. The van der Waals surface area contributed by atoms with Gasteiger partial charge in [-0.25, -0.2) is 0 Å². The van der Waals surface area contributed by atoms with Crippen molar-refractivity contribution in [1.29, 1.82) is 0 Å². The van der Waals surface area contributed by atoms with E-state index in [0.717, 1.165) is 30.9 Å². The smallest absolute Gasteiger partial charge is 0.248 e. The van der Waals surface area contributed by atoms with Crippen molar-refractivity contribution in [3.05, 3.63) is 29.8 Å². The van der Waals surface area contributed by atoms with Gasteiger partial charge in [-0.1, -0.05) is 12.1 Å². The van der Waals surface area contributed by atoms with Crippen molar-refractivity contribution in [3.8, 4) is 5.75 Å². The van der Waals surface area contributed by atoms with Gasteiger partial charge in [0.05, 0.1) is 12.5 Å². The highest BCUT2D eigenvalue weighted by Gasteiger charge is 2.50. The predicted octanol–water partition coefficient (Wildman–Crippen LogP) is 0.271. The van der Waals surface area contributed by atoms with Crippen LogP contribution in [0.5, 0.6) is 5.75 Å². The Morgan fingerprint density at radius 1 is 1.26 bits per heavy atom. The van der Waals surface area contributed by atoms with Gasteiger partial charge in [0.25, 0.3) is 0 Å². The summed E-state index contributed by atoms with van der Waals surface area (Å²) in [5, 5.41) is 12.2. The second kappa shape index (κ2) is 8.71. The first-order valence-corrected chi connectivity index (χ1v) is 9.58. The number of hydrogen-bond acceptors (Lipinski definition) is 5. The maximum atomic E-state index is 13.0. The van der Waals surface area contributed by atoms with E-state index in [-0.39, 0.29) is 11.8 Å². The molecule has 7 heteroatoms. The summed E-state index contributed by atoms with van der Waals surface area (Å²) in [7, 11) is 1.62. The Balaban J connectivity index is 1.64. The quantitative estimate of drug-likeness (QED) is 0.682. The number of aliphatic hydroxyl groups excluding tert-OH is 1. The molecule has 2 aliphatic rings. The minimum atomic E-state index is -0.651. The van der Waals surface area contributed by atoms with Crippen LogP contribution in [0.3, 0.4) is 0 Å². The molecule has 0 saturated carbocycles. The molecule has 2 fully saturated rings. The van der Waals surface area contributed by atoms with Crippen LogP contribution in [0.25, 0.3) is 0 Å². The number of benzene rings is 1. The molecule has 1 aromatic carbocycles. The van der Waals surface area contributed by atoms with Gasteiger partial charge in [0.2, 0.25) is 11.8 Å². The summed E-state index contributed by atoms with van der Waals surface area (Å²) in [5.74, 6) is 0.396. The lowest BCUT2D eigenvalue weighted by Gasteiger charge is -2.48. The molecule has 2 aliphatic heterocycles. The first-order valence-electron chi connectivity index (χ1n) is 9.58. The van der Waals surface area contributed by atoms with E-state index in [1.54, 1.807) is 12.0 Å². The van der Waals surface area contributed by atoms with Gasteiger partial charge in [0, 0.05) is 26.2 Å². The Morgan fingerprint density at radius 2 is 2.00 bits per heavy atom. The molecule has 0 aliphatic carbocycles. The lowest BCUT2D eigenvalue weighted by Crippen LogP contribution is -2.66. The number of amides is 2. The highest BCUT2D eigenvalue weighted by atomic mass is 16.5. The molecule has 27 heavy (non-hydrogen) atoms. The van der Waals surface area contributed by atoms with Crippen molar-refractivity contribution in [1.82, 2.24) is 15.1 Å². The molecule has 3 rings (SSSR count). The van der Waals surface area contributed by atoms with Gasteiger partial charge < -0.3 is 25.0 Å². The van der Waals surface area contributed by atoms with E-state index in [0.29, 0.717) is 26.1 Å². The predicted molar refractivity (Wildman–Crippen MR) is 101 cm³/mol. The number of carbonyl (C=O) groups excluding carboxylic acids is 2. The second-order valence-electron chi connectivity index (χ2n) is 7.52. The normalized spacial score (nSPS) is 18.8. The molecule has 2 saturated heterocycles. The van der Waals surface area contributed by atoms with Gasteiger partial charge in [0.1, 0.15) is 12.4 Å². The largest absolute Gasteiger partial charge is 0.497 e. The van der Waals surface area contributed by atoms with Gasteiger partial charge in [-0.15, -0.1) is 0 Å². The number of likely N-dealkylation sites (tertiary alicyclic amines) is 2. The third kappa shape index (κ3) is 4.59. The van der Waals surface area contributed by atoms with Gasteiger partial charge in [0.15, 0.2) is 0 Å². The zero-order valence-electron chi connectivity index (χ0n) is 15.9. The fourth-order valence-corrected chi connectivity index (χ4v) is 3.99. The third-order valence-electron chi connectivity index (χ3n) is 5.55. The molecule has 2 heterocycles. The molecule has 0 radical (unpaired) electrons. The second-order valence-corrected chi connectivity index (χ2v) is 7.52. The van der Waals surface area contributed by atoms with E-state index in [2.05, 4.69) is 10.2 Å². The van der Waals surface area contributed by atoms with E-state index < -0.39 is 12.0 Å². The van der Waals surface area contributed by atoms with Crippen molar-refractivity contribution < 1.29 is 19.4 Å². The Hall–Kier alpha value is -2.12. The lowest BCUT2D eigenvalue weighted by molar-refractivity contribution is -0.155. The molecule has 0 bridgehead atoms. The van der Waals surface area contributed by atoms with Gasteiger partial charge in [-0.3, -0.25) is 9.59 Å². The highest BCUT2D eigenvalue weighted by Crippen LogP contribution is 2.35. The summed E-state index contributed by atoms with van der Waals surface area (Å²) in [6.07, 6.45) is 2.99. The molecule has 0 atom stereocenters.